The minimum Gasteiger partial charge on any atom is -0.307 e. The van der Waals surface area contributed by atoms with Crippen molar-refractivity contribution >= 4 is 45.1 Å². The molecule has 4 rings (SSSR count). The van der Waals surface area contributed by atoms with Gasteiger partial charge in [0.1, 0.15) is 0 Å². The lowest BCUT2D eigenvalue weighted by atomic mass is 10.1. The highest BCUT2D eigenvalue weighted by Crippen LogP contribution is 2.20. The molecule has 3 aromatic carbocycles. The zero-order valence-corrected chi connectivity index (χ0v) is 13.8. The molecule has 0 atom stereocenters. The molecule has 0 aliphatic heterocycles. The maximum Gasteiger partial charge on any atom is 0.330 e. The van der Waals surface area contributed by atoms with E-state index >= 15 is 0 Å². The molecule has 5 heteroatoms. The quantitative estimate of drug-likeness (QED) is 0.498. The summed E-state index contributed by atoms with van der Waals surface area (Å²) in [6, 6.07) is 20.7. The van der Waals surface area contributed by atoms with E-state index in [1.807, 2.05) is 12.1 Å². The van der Waals surface area contributed by atoms with Crippen LogP contribution in [0.4, 0.5) is 10.5 Å². The van der Waals surface area contributed by atoms with Gasteiger partial charge in [-0.15, -0.1) is 0 Å². The molecule has 1 N–H and O–H groups in total. The third-order valence-corrected chi connectivity index (χ3v) is 4.33. The molecule has 0 unspecified atom stereocenters. The molecule has 122 valence electrons. The molecule has 1 heterocycles. The fourth-order valence-corrected chi connectivity index (χ4v) is 3.05. The summed E-state index contributed by atoms with van der Waals surface area (Å²) in [6.45, 7) is 0. The highest BCUT2D eigenvalue weighted by Gasteiger charge is 2.15. The van der Waals surface area contributed by atoms with Crippen LogP contribution in [0.25, 0.3) is 21.8 Å². The van der Waals surface area contributed by atoms with Crippen LogP contribution in [0.5, 0.6) is 0 Å². The summed E-state index contributed by atoms with van der Waals surface area (Å²) in [5.74, 6) is 0. The van der Waals surface area contributed by atoms with E-state index in [0.29, 0.717) is 32.5 Å². The second-order valence-corrected chi connectivity index (χ2v) is 6.07. The maximum atomic E-state index is 13.0. The SMILES string of the molecule is O=C(Nc1ccc(Cl)cc1)n1c2ccccc2c(=O)c2ccccc21. The van der Waals surface area contributed by atoms with Crippen molar-refractivity contribution in [1.82, 2.24) is 4.57 Å². The first kappa shape index (κ1) is 15.4. The van der Waals surface area contributed by atoms with Gasteiger partial charge >= 0.3 is 6.03 Å². The van der Waals surface area contributed by atoms with Crippen LogP contribution in [0, 0.1) is 0 Å². The third kappa shape index (κ3) is 2.66. The molecule has 0 saturated heterocycles. The number of para-hydroxylation sites is 2. The largest absolute Gasteiger partial charge is 0.330 e. The molecule has 1 aromatic heterocycles. The van der Waals surface area contributed by atoms with Gasteiger partial charge in [-0.2, -0.15) is 0 Å². The number of benzene rings is 3. The van der Waals surface area contributed by atoms with Crippen LogP contribution >= 0.6 is 11.6 Å². The van der Waals surface area contributed by atoms with E-state index in [-0.39, 0.29) is 11.5 Å². The van der Waals surface area contributed by atoms with Gasteiger partial charge < -0.3 is 5.32 Å². The second kappa shape index (κ2) is 6.07. The Hall–Kier alpha value is -3.11. The second-order valence-electron chi connectivity index (χ2n) is 5.64. The van der Waals surface area contributed by atoms with E-state index in [0.717, 1.165) is 0 Å². The maximum absolute atomic E-state index is 13.0. The van der Waals surface area contributed by atoms with E-state index in [9.17, 15) is 9.59 Å². The van der Waals surface area contributed by atoms with Gasteiger partial charge in [0.05, 0.1) is 11.0 Å². The predicted molar refractivity (Wildman–Crippen MR) is 102 cm³/mol. The van der Waals surface area contributed by atoms with Gasteiger partial charge in [0.2, 0.25) is 0 Å². The van der Waals surface area contributed by atoms with Crippen LogP contribution in [0.2, 0.25) is 5.02 Å². The van der Waals surface area contributed by atoms with Crippen molar-refractivity contribution in [3.05, 3.63) is 88.0 Å². The van der Waals surface area contributed by atoms with Crippen LogP contribution in [0.1, 0.15) is 0 Å². The van der Waals surface area contributed by atoms with Gasteiger partial charge in [0.25, 0.3) is 0 Å². The van der Waals surface area contributed by atoms with Gasteiger partial charge in [-0.25, -0.2) is 4.79 Å². The average Bonchev–Trinajstić information content (AvgIpc) is 2.64. The summed E-state index contributed by atoms with van der Waals surface area (Å²) < 4.78 is 1.53. The van der Waals surface area contributed by atoms with Gasteiger partial charge in [-0.1, -0.05) is 35.9 Å². The summed E-state index contributed by atoms with van der Waals surface area (Å²) in [5.41, 5.74) is 1.68. The lowest BCUT2D eigenvalue weighted by Gasteiger charge is -2.14. The van der Waals surface area contributed by atoms with Gasteiger partial charge in [-0.05, 0) is 48.5 Å². The standard InChI is InChI=1S/C20H13ClN2O2/c21-13-9-11-14(12-10-13)22-20(25)23-17-7-3-1-5-15(17)19(24)16-6-2-4-8-18(16)23/h1-12H,(H,22,25). The summed E-state index contributed by atoms with van der Waals surface area (Å²) in [5, 5.41) is 4.46. The first-order chi connectivity index (χ1) is 12.1. The minimum atomic E-state index is -0.338. The van der Waals surface area contributed by atoms with Crippen LogP contribution < -0.4 is 10.7 Å². The number of nitrogens with one attached hydrogen (secondary N) is 1. The Labute approximate surface area is 148 Å². The van der Waals surface area contributed by atoms with Crippen molar-refractivity contribution in [2.75, 3.05) is 5.32 Å². The van der Waals surface area contributed by atoms with Crippen molar-refractivity contribution in [3.8, 4) is 0 Å². The molecule has 0 bridgehead atoms. The number of hydrogen-bond acceptors (Lipinski definition) is 2. The summed E-state index contributed by atoms with van der Waals surface area (Å²) in [7, 11) is 0. The van der Waals surface area contributed by atoms with Crippen molar-refractivity contribution in [2.24, 2.45) is 0 Å². The molecule has 0 radical (unpaired) electrons. The molecular formula is C20H13ClN2O2. The number of nitrogens with zero attached hydrogens (tertiary/aromatic N) is 1. The fraction of sp³-hybridized carbons (Fsp3) is 0. The lowest BCUT2D eigenvalue weighted by molar-refractivity contribution is 0.255. The summed E-state index contributed by atoms with van der Waals surface area (Å²) >= 11 is 5.89. The van der Waals surface area contributed by atoms with E-state index in [2.05, 4.69) is 5.32 Å². The van der Waals surface area contributed by atoms with Crippen LogP contribution in [-0.4, -0.2) is 10.6 Å². The van der Waals surface area contributed by atoms with Gasteiger partial charge in [0, 0.05) is 21.5 Å². The number of hydrogen-bond donors (Lipinski definition) is 1. The zero-order valence-electron chi connectivity index (χ0n) is 13.1. The molecule has 0 fully saturated rings. The smallest absolute Gasteiger partial charge is 0.307 e. The summed E-state index contributed by atoms with van der Waals surface area (Å²) in [4.78, 5) is 25.7. The van der Waals surface area contributed by atoms with Crippen molar-refractivity contribution in [2.45, 2.75) is 0 Å². The van der Waals surface area contributed by atoms with E-state index < -0.39 is 0 Å². The van der Waals surface area contributed by atoms with Crippen molar-refractivity contribution in [3.63, 3.8) is 0 Å². The first-order valence-corrected chi connectivity index (χ1v) is 8.12. The van der Waals surface area contributed by atoms with Gasteiger partial charge in [-0.3, -0.25) is 9.36 Å². The number of aromatic nitrogens is 1. The molecule has 0 saturated carbocycles. The zero-order chi connectivity index (χ0) is 17.4. The van der Waals surface area contributed by atoms with Crippen LogP contribution in [-0.2, 0) is 0 Å². The Morgan fingerprint density at radius 3 is 1.88 bits per heavy atom. The summed E-state index contributed by atoms with van der Waals surface area (Å²) in [6.07, 6.45) is 0. The van der Waals surface area contributed by atoms with Gasteiger partial charge in [0.15, 0.2) is 5.43 Å². The molecule has 0 aliphatic rings. The Morgan fingerprint density at radius 1 is 0.800 bits per heavy atom. The van der Waals surface area contributed by atoms with Crippen molar-refractivity contribution < 1.29 is 4.79 Å². The average molecular weight is 349 g/mol. The monoisotopic (exact) mass is 348 g/mol. The first-order valence-electron chi connectivity index (χ1n) is 7.74. The van der Waals surface area contributed by atoms with E-state index in [1.54, 1.807) is 60.7 Å². The number of fused-ring (bicyclic) bond motifs is 2. The number of carbonyl (C=O) groups excluding carboxylic acids is 1. The third-order valence-electron chi connectivity index (χ3n) is 4.08. The molecule has 25 heavy (non-hydrogen) atoms. The Bertz CT molecular complexity index is 1100. The number of carbonyl (C=O) groups is 1. The van der Waals surface area contributed by atoms with Crippen molar-refractivity contribution in [1.29, 1.82) is 0 Å². The molecule has 0 aliphatic carbocycles. The normalized spacial score (nSPS) is 10.9. The predicted octanol–water partition coefficient (Wildman–Crippen LogP) is 4.89. The van der Waals surface area contributed by atoms with E-state index in [4.69, 9.17) is 11.6 Å². The van der Waals surface area contributed by atoms with Crippen LogP contribution in [0.3, 0.4) is 0 Å². The number of anilines is 1. The number of halogens is 1. The Kier molecular flexibility index (Phi) is 3.75. The molecule has 4 nitrogen and oxygen atoms in total. The number of rotatable bonds is 1. The molecule has 1 amide bonds. The highest BCUT2D eigenvalue weighted by molar-refractivity contribution is 6.30. The lowest BCUT2D eigenvalue weighted by Crippen LogP contribution is -2.23. The Morgan fingerprint density at radius 2 is 1.32 bits per heavy atom. The number of pyridine rings is 1. The number of amides is 1. The Balaban J connectivity index is 1.95. The minimum absolute atomic E-state index is 0.0817. The van der Waals surface area contributed by atoms with Crippen LogP contribution in [0.15, 0.2) is 77.6 Å². The molecule has 4 aromatic rings. The van der Waals surface area contributed by atoms with E-state index in [1.165, 1.54) is 4.57 Å². The fourth-order valence-electron chi connectivity index (χ4n) is 2.93. The molecule has 0 spiro atoms. The highest BCUT2D eigenvalue weighted by atomic mass is 35.5. The topological polar surface area (TPSA) is 51.1 Å². The molecular weight excluding hydrogens is 336 g/mol.